The molecule has 0 aromatic carbocycles. The van der Waals surface area contributed by atoms with Gasteiger partial charge in [0.25, 0.3) is 0 Å². The SMILES string of the molecule is CCCCC#C[C@@H]([C@H](O)C1CCCCC1)[C@@H](O)C(C)(C)C. The summed E-state index contributed by atoms with van der Waals surface area (Å²) in [6, 6.07) is 0. The van der Waals surface area contributed by atoms with E-state index in [1.807, 2.05) is 20.8 Å². The van der Waals surface area contributed by atoms with Crippen molar-refractivity contribution in [3.8, 4) is 11.8 Å². The maximum Gasteiger partial charge on any atom is 0.0751 e. The van der Waals surface area contributed by atoms with E-state index in [1.165, 1.54) is 19.3 Å². The van der Waals surface area contributed by atoms with Crippen LogP contribution in [-0.4, -0.2) is 22.4 Å². The first-order chi connectivity index (χ1) is 9.88. The van der Waals surface area contributed by atoms with Crippen LogP contribution < -0.4 is 0 Å². The second-order valence-corrected chi connectivity index (χ2v) is 7.65. The molecule has 21 heavy (non-hydrogen) atoms. The maximum absolute atomic E-state index is 10.8. The quantitative estimate of drug-likeness (QED) is 0.591. The molecule has 2 nitrogen and oxygen atoms in total. The van der Waals surface area contributed by atoms with Gasteiger partial charge < -0.3 is 10.2 Å². The Morgan fingerprint density at radius 1 is 1.10 bits per heavy atom. The van der Waals surface area contributed by atoms with Crippen LogP contribution in [0.15, 0.2) is 0 Å². The van der Waals surface area contributed by atoms with Gasteiger partial charge in [0.15, 0.2) is 0 Å². The van der Waals surface area contributed by atoms with Crippen LogP contribution in [0.4, 0.5) is 0 Å². The van der Waals surface area contributed by atoms with E-state index in [9.17, 15) is 10.2 Å². The van der Waals surface area contributed by atoms with Gasteiger partial charge in [-0.3, -0.25) is 0 Å². The van der Waals surface area contributed by atoms with E-state index in [-0.39, 0.29) is 11.3 Å². The third kappa shape index (κ3) is 6.01. The molecule has 1 aliphatic rings. The predicted molar refractivity (Wildman–Crippen MR) is 88.8 cm³/mol. The zero-order valence-corrected chi connectivity index (χ0v) is 14.4. The molecule has 2 N–H and O–H groups in total. The zero-order chi connectivity index (χ0) is 15.9. The van der Waals surface area contributed by atoms with Gasteiger partial charge in [-0.1, -0.05) is 59.3 Å². The van der Waals surface area contributed by atoms with Gasteiger partial charge in [-0.25, -0.2) is 0 Å². The van der Waals surface area contributed by atoms with Gasteiger partial charge in [0.2, 0.25) is 0 Å². The standard InChI is InChI=1S/C19H34O2/c1-5-6-7-11-14-16(18(21)19(2,3)4)17(20)15-12-9-8-10-13-15/h15-18,20-21H,5-10,12-13H2,1-4H3/t16-,17+,18+/m0/s1. The maximum atomic E-state index is 10.8. The first-order valence-corrected chi connectivity index (χ1v) is 8.72. The number of aliphatic hydroxyl groups excluding tert-OH is 2. The van der Waals surface area contributed by atoms with E-state index < -0.39 is 12.2 Å². The highest BCUT2D eigenvalue weighted by Gasteiger charge is 2.37. The summed E-state index contributed by atoms with van der Waals surface area (Å²) in [5, 5.41) is 21.4. The summed E-state index contributed by atoms with van der Waals surface area (Å²) >= 11 is 0. The fraction of sp³-hybridized carbons (Fsp3) is 0.895. The number of hydrogen-bond acceptors (Lipinski definition) is 2. The van der Waals surface area contributed by atoms with Crippen molar-refractivity contribution < 1.29 is 10.2 Å². The summed E-state index contributed by atoms with van der Waals surface area (Å²) < 4.78 is 0. The van der Waals surface area contributed by atoms with Crippen molar-refractivity contribution in [2.75, 3.05) is 0 Å². The largest absolute Gasteiger partial charge is 0.391 e. The molecule has 1 saturated carbocycles. The van der Waals surface area contributed by atoms with Crippen molar-refractivity contribution in [3.63, 3.8) is 0 Å². The Morgan fingerprint density at radius 2 is 1.71 bits per heavy atom. The summed E-state index contributed by atoms with van der Waals surface area (Å²) in [5.74, 6) is 6.39. The van der Waals surface area contributed by atoms with Crippen molar-refractivity contribution in [3.05, 3.63) is 0 Å². The summed E-state index contributed by atoms with van der Waals surface area (Å²) in [7, 11) is 0. The number of rotatable bonds is 5. The lowest BCUT2D eigenvalue weighted by Gasteiger charge is -2.37. The van der Waals surface area contributed by atoms with Crippen LogP contribution in [0.3, 0.4) is 0 Å². The Bertz CT molecular complexity index is 339. The molecule has 1 aliphatic carbocycles. The van der Waals surface area contributed by atoms with E-state index in [2.05, 4.69) is 18.8 Å². The summed E-state index contributed by atoms with van der Waals surface area (Å²) in [4.78, 5) is 0. The number of aliphatic hydroxyl groups is 2. The van der Waals surface area contributed by atoms with Crippen LogP contribution >= 0.6 is 0 Å². The lowest BCUT2D eigenvalue weighted by atomic mass is 9.73. The Balaban J connectivity index is 2.80. The summed E-state index contributed by atoms with van der Waals surface area (Å²) in [6.45, 7) is 8.21. The van der Waals surface area contributed by atoms with Crippen LogP contribution in [0.1, 0.15) is 79.1 Å². The molecule has 0 spiro atoms. The van der Waals surface area contributed by atoms with Crippen LogP contribution in [0.25, 0.3) is 0 Å². The van der Waals surface area contributed by atoms with Gasteiger partial charge >= 0.3 is 0 Å². The van der Waals surface area contributed by atoms with Gasteiger partial charge in [0.05, 0.1) is 18.1 Å². The molecule has 1 fully saturated rings. The van der Waals surface area contributed by atoms with Gasteiger partial charge in [-0.2, -0.15) is 0 Å². The molecular weight excluding hydrogens is 260 g/mol. The van der Waals surface area contributed by atoms with Crippen molar-refractivity contribution in [1.82, 2.24) is 0 Å². The third-order valence-corrected chi connectivity index (χ3v) is 4.65. The van der Waals surface area contributed by atoms with Gasteiger partial charge in [-0.05, 0) is 30.6 Å². The Labute approximate surface area is 131 Å². The molecule has 0 heterocycles. The minimum atomic E-state index is -0.580. The monoisotopic (exact) mass is 294 g/mol. The molecule has 0 aliphatic heterocycles. The fourth-order valence-corrected chi connectivity index (χ4v) is 3.11. The molecule has 0 unspecified atom stereocenters. The highest BCUT2D eigenvalue weighted by molar-refractivity contribution is 5.10. The van der Waals surface area contributed by atoms with E-state index in [0.717, 1.165) is 32.1 Å². The van der Waals surface area contributed by atoms with E-state index >= 15 is 0 Å². The highest BCUT2D eigenvalue weighted by atomic mass is 16.3. The highest BCUT2D eigenvalue weighted by Crippen LogP contribution is 2.34. The van der Waals surface area contributed by atoms with E-state index in [4.69, 9.17) is 0 Å². The van der Waals surface area contributed by atoms with Crippen molar-refractivity contribution in [2.45, 2.75) is 91.3 Å². The molecule has 0 amide bonds. The van der Waals surface area contributed by atoms with E-state index in [0.29, 0.717) is 5.92 Å². The van der Waals surface area contributed by atoms with Crippen molar-refractivity contribution in [1.29, 1.82) is 0 Å². The average molecular weight is 294 g/mol. The molecule has 0 radical (unpaired) electrons. The Kier molecular flexibility index (Phi) is 7.77. The molecule has 0 aromatic rings. The topological polar surface area (TPSA) is 40.5 Å². The third-order valence-electron chi connectivity index (χ3n) is 4.65. The van der Waals surface area contributed by atoms with Crippen molar-refractivity contribution in [2.24, 2.45) is 17.3 Å². The molecule has 1 rings (SSSR count). The minimum absolute atomic E-state index is 0.250. The first kappa shape index (κ1) is 18.5. The lowest BCUT2D eigenvalue weighted by molar-refractivity contribution is -0.0450. The fourth-order valence-electron chi connectivity index (χ4n) is 3.11. The van der Waals surface area contributed by atoms with Gasteiger partial charge in [0, 0.05) is 6.42 Å². The van der Waals surface area contributed by atoms with Crippen molar-refractivity contribution >= 4 is 0 Å². The molecule has 3 atom stereocenters. The number of hydrogen-bond donors (Lipinski definition) is 2. The minimum Gasteiger partial charge on any atom is -0.391 e. The molecule has 2 heteroatoms. The molecule has 0 bridgehead atoms. The molecular formula is C19H34O2. The zero-order valence-electron chi connectivity index (χ0n) is 14.4. The molecule has 0 saturated heterocycles. The van der Waals surface area contributed by atoms with E-state index in [1.54, 1.807) is 0 Å². The Hall–Kier alpha value is -0.520. The van der Waals surface area contributed by atoms with Crippen LogP contribution in [0.2, 0.25) is 0 Å². The van der Waals surface area contributed by atoms with Gasteiger partial charge in [-0.15, -0.1) is 5.92 Å². The second-order valence-electron chi connectivity index (χ2n) is 7.65. The smallest absolute Gasteiger partial charge is 0.0751 e. The normalized spacial score (nSPS) is 21.2. The average Bonchev–Trinajstić information content (AvgIpc) is 2.46. The molecule has 0 aromatic heterocycles. The summed E-state index contributed by atoms with van der Waals surface area (Å²) in [6.07, 6.45) is 7.83. The van der Waals surface area contributed by atoms with Crippen LogP contribution in [0, 0.1) is 29.1 Å². The van der Waals surface area contributed by atoms with Crippen LogP contribution in [0.5, 0.6) is 0 Å². The predicted octanol–water partition coefficient (Wildman–Crippen LogP) is 4.14. The summed E-state index contributed by atoms with van der Waals surface area (Å²) in [5.41, 5.74) is -0.250. The van der Waals surface area contributed by atoms with Gasteiger partial charge in [0.1, 0.15) is 0 Å². The number of unbranched alkanes of at least 4 members (excludes halogenated alkanes) is 2. The first-order valence-electron chi connectivity index (χ1n) is 8.72. The lowest BCUT2D eigenvalue weighted by Crippen LogP contribution is -2.43. The van der Waals surface area contributed by atoms with Crippen LogP contribution in [-0.2, 0) is 0 Å². The Morgan fingerprint density at radius 3 is 2.24 bits per heavy atom. The second kappa shape index (κ2) is 8.81. The molecule has 122 valence electrons.